The first-order chi connectivity index (χ1) is 13.0. The third-order valence-corrected chi connectivity index (χ3v) is 4.80. The van der Waals surface area contributed by atoms with Gasteiger partial charge in [-0.3, -0.25) is 14.4 Å². The van der Waals surface area contributed by atoms with Crippen molar-refractivity contribution in [1.29, 1.82) is 0 Å². The molecule has 3 N–H and O–H groups in total. The summed E-state index contributed by atoms with van der Waals surface area (Å²) < 4.78 is 0. The minimum atomic E-state index is -0.383. The molecule has 142 valence electrons. The third kappa shape index (κ3) is 5.35. The minimum absolute atomic E-state index is 0.0564. The number of rotatable bonds is 7. The van der Waals surface area contributed by atoms with Crippen LogP contribution in [0.4, 0.5) is 5.69 Å². The zero-order chi connectivity index (χ0) is 19.2. The van der Waals surface area contributed by atoms with Crippen molar-refractivity contribution in [2.75, 3.05) is 11.9 Å². The van der Waals surface area contributed by atoms with Crippen molar-refractivity contribution >= 4 is 40.7 Å². The molecule has 0 saturated carbocycles. The van der Waals surface area contributed by atoms with Gasteiger partial charge in [-0.1, -0.05) is 35.3 Å². The maximum absolute atomic E-state index is 12.5. The molecule has 1 unspecified atom stereocenters. The van der Waals surface area contributed by atoms with Crippen molar-refractivity contribution in [2.45, 2.75) is 25.5 Å². The number of carbonyl (C=O) groups excluding carboxylic acids is 2. The number of amides is 2. The Hall–Kier alpha value is -2.28. The summed E-state index contributed by atoms with van der Waals surface area (Å²) in [6, 6.07) is 12.2. The Labute approximate surface area is 167 Å². The van der Waals surface area contributed by atoms with Gasteiger partial charge >= 0.3 is 0 Å². The molecule has 27 heavy (non-hydrogen) atoms. The summed E-state index contributed by atoms with van der Waals surface area (Å²) in [5, 5.41) is 7.15. The lowest BCUT2D eigenvalue weighted by Gasteiger charge is -2.15. The van der Waals surface area contributed by atoms with Crippen molar-refractivity contribution in [3.05, 3.63) is 63.6 Å². The van der Waals surface area contributed by atoms with E-state index in [0.29, 0.717) is 39.8 Å². The molecular formula is C19H19Cl2N3O3. The highest BCUT2D eigenvalue weighted by Gasteiger charge is 2.21. The smallest absolute Gasteiger partial charge is 0.276 e. The molecule has 0 aliphatic carbocycles. The Balaban J connectivity index is 1.56. The highest BCUT2D eigenvalue weighted by Crippen LogP contribution is 2.21. The van der Waals surface area contributed by atoms with E-state index in [2.05, 4.69) is 16.1 Å². The molecule has 2 aromatic carbocycles. The maximum Gasteiger partial charge on any atom is 0.276 e. The van der Waals surface area contributed by atoms with Gasteiger partial charge < -0.3 is 10.6 Å². The molecule has 0 radical (unpaired) electrons. The molecule has 1 heterocycles. The molecule has 0 aromatic heterocycles. The van der Waals surface area contributed by atoms with E-state index in [1.165, 1.54) is 0 Å². The second-order valence-corrected chi connectivity index (χ2v) is 7.03. The van der Waals surface area contributed by atoms with Crippen molar-refractivity contribution in [3.8, 4) is 0 Å². The van der Waals surface area contributed by atoms with Crippen LogP contribution >= 0.6 is 23.2 Å². The summed E-state index contributed by atoms with van der Waals surface area (Å²) in [5.74, 6) is -0.326. The van der Waals surface area contributed by atoms with Gasteiger partial charge in [-0.2, -0.15) is 0 Å². The Morgan fingerprint density at radius 3 is 2.81 bits per heavy atom. The normalized spacial score (nSPS) is 16.1. The highest BCUT2D eigenvalue weighted by atomic mass is 35.5. The number of halogens is 2. The van der Waals surface area contributed by atoms with E-state index in [-0.39, 0.29) is 24.5 Å². The summed E-state index contributed by atoms with van der Waals surface area (Å²) >= 11 is 12.0. The van der Waals surface area contributed by atoms with Crippen LogP contribution in [0.1, 0.15) is 28.8 Å². The molecule has 1 saturated heterocycles. The molecule has 1 aliphatic rings. The molecule has 2 aromatic rings. The van der Waals surface area contributed by atoms with Gasteiger partial charge in [0.2, 0.25) is 5.91 Å². The van der Waals surface area contributed by atoms with Crippen LogP contribution in [0, 0.1) is 0 Å². The van der Waals surface area contributed by atoms with E-state index < -0.39 is 0 Å². The van der Waals surface area contributed by atoms with E-state index >= 15 is 0 Å². The molecule has 1 fully saturated rings. The molecule has 1 atom stereocenters. The van der Waals surface area contributed by atoms with Crippen LogP contribution in [0.25, 0.3) is 0 Å². The monoisotopic (exact) mass is 407 g/mol. The van der Waals surface area contributed by atoms with E-state index in [1.54, 1.807) is 36.4 Å². The first kappa shape index (κ1) is 19.5. The Morgan fingerprint density at radius 1 is 1.22 bits per heavy atom. The van der Waals surface area contributed by atoms with Crippen molar-refractivity contribution in [1.82, 2.24) is 10.8 Å². The van der Waals surface area contributed by atoms with Gasteiger partial charge in [0.15, 0.2) is 0 Å². The predicted octanol–water partition coefficient (Wildman–Crippen LogP) is 3.55. The topological polar surface area (TPSA) is 79.5 Å². The van der Waals surface area contributed by atoms with E-state index in [0.717, 1.165) is 6.42 Å². The number of hydrogen-bond donors (Lipinski definition) is 3. The largest absolute Gasteiger partial charge is 0.382 e. The van der Waals surface area contributed by atoms with E-state index in [1.807, 2.05) is 6.07 Å². The van der Waals surface area contributed by atoms with Crippen molar-refractivity contribution in [3.63, 3.8) is 0 Å². The highest BCUT2D eigenvalue weighted by molar-refractivity contribution is 6.33. The Bertz CT molecular complexity index is 845. The lowest BCUT2D eigenvalue weighted by Crippen LogP contribution is -2.32. The number of anilines is 1. The molecule has 6 nitrogen and oxygen atoms in total. The molecule has 0 bridgehead atoms. The average molecular weight is 408 g/mol. The van der Waals surface area contributed by atoms with Crippen LogP contribution in [-0.4, -0.2) is 24.4 Å². The maximum atomic E-state index is 12.5. The average Bonchev–Trinajstić information content (AvgIpc) is 3.08. The van der Waals surface area contributed by atoms with E-state index in [4.69, 9.17) is 28.0 Å². The number of para-hydroxylation sites is 1. The first-order valence-corrected chi connectivity index (χ1v) is 9.27. The number of hydrogen-bond acceptors (Lipinski definition) is 4. The van der Waals surface area contributed by atoms with Gasteiger partial charge in [-0.25, -0.2) is 5.48 Å². The fourth-order valence-electron chi connectivity index (χ4n) is 2.79. The van der Waals surface area contributed by atoms with Crippen LogP contribution in [0.5, 0.6) is 0 Å². The summed E-state index contributed by atoms with van der Waals surface area (Å²) in [7, 11) is 0. The fraction of sp³-hybridized carbons (Fsp3) is 0.263. The molecule has 0 spiro atoms. The van der Waals surface area contributed by atoms with Crippen LogP contribution in [0.3, 0.4) is 0 Å². The number of carbonyl (C=O) groups is 2. The van der Waals surface area contributed by atoms with Crippen LogP contribution < -0.4 is 16.1 Å². The molecule has 1 aliphatic heterocycles. The summed E-state index contributed by atoms with van der Waals surface area (Å²) in [6.45, 7) is 0.643. The Morgan fingerprint density at radius 2 is 2.04 bits per heavy atom. The fourth-order valence-corrected chi connectivity index (χ4v) is 3.15. The molecule has 3 rings (SSSR count). The van der Waals surface area contributed by atoms with Crippen LogP contribution in [0.15, 0.2) is 42.5 Å². The zero-order valence-corrected chi connectivity index (χ0v) is 15.9. The van der Waals surface area contributed by atoms with Gasteiger partial charge in [0.1, 0.15) is 6.61 Å². The third-order valence-electron chi connectivity index (χ3n) is 4.20. The number of hydroxylamine groups is 1. The van der Waals surface area contributed by atoms with Gasteiger partial charge in [0, 0.05) is 40.3 Å². The second-order valence-electron chi connectivity index (χ2n) is 6.19. The number of benzene rings is 2. The SMILES string of the molecule is O=C1CCC(CNc2ccccc2C(=O)NOCc2cc(Cl)ccc2Cl)N1. The number of nitrogens with one attached hydrogen (secondary N) is 3. The van der Waals surface area contributed by atoms with Crippen LogP contribution in [-0.2, 0) is 16.2 Å². The summed E-state index contributed by atoms with van der Waals surface area (Å²) in [6.07, 6.45) is 1.32. The summed E-state index contributed by atoms with van der Waals surface area (Å²) in [5.41, 5.74) is 4.20. The Kier molecular flexibility index (Phi) is 6.55. The van der Waals surface area contributed by atoms with E-state index in [9.17, 15) is 9.59 Å². The molecular weight excluding hydrogens is 389 g/mol. The van der Waals surface area contributed by atoms with Gasteiger partial charge in [-0.05, 0) is 36.8 Å². The van der Waals surface area contributed by atoms with Gasteiger partial charge in [0.05, 0.1) is 5.56 Å². The molecule has 2 amide bonds. The van der Waals surface area contributed by atoms with Crippen molar-refractivity contribution < 1.29 is 14.4 Å². The second kappa shape index (κ2) is 9.08. The standard InChI is InChI=1S/C19H19Cl2N3O3/c20-13-5-7-16(21)12(9-13)11-27-24-19(26)15-3-1-2-4-17(15)22-10-14-6-8-18(25)23-14/h1-5,7,9,14,22H,6,8,10-11H2,(H,23,25)(H,24,26). The van der Waals surface area contributed by atoms with Crippen molar-refractivity contribution in [2.24, 2.45) is 0 Å². The predicted molar refractivity (Wildman–Crippen MR) is 105 cm³/mol. The molecule has 8 heteroatoms. The van der Waals surface area contributed by atoms with Gasteiger partial charge in [0.25, 0.3) is 5.91 Å². The first-order valence-electron chi connectivity index (χ1n) is 8.51. The zero-order valence-electron chi connectivity index (χ0n) is 14.4. The van der Waals surface area contributed by atoms with Crippen LogP contribution in [0.2, 0.25) is 10.0 Å². The lowest BCUT2D eigenvalue weighted by atomic mass is 10.1. The minimum Gasteiger partial charge on any atom is -0.382 e. The quantitative estimate of drug-likeness (QED) is 0.613. The summed E-state index contributed by atoms with van der Waals surface area (Å²) in [4.78, 5) is 29.0. The van der Waals surface area contributed by atoms with Gasteiger partial charge in [-0.15, -0.1) is 0 Å². The lowest BCUT2D eigenvalue weighted by molar-refractivity contribution is -0.119.